The van der Waals surface area contributed by atoms with Crippen LogP contribution >= 0.6 is 11.6 Å². The maximum atomic E-state index is 12.1. The smallest absolute Gasteiger partial charge is 0.244 e. The van der Waals surface area contributed by atoms with Crippen molar-refractivity contribution in [3.8, 4) is 17.2 Å². The summed E-state index contributed by atoms with van der Waals surface area (Å²) in [7, 11) is 3.11. The maximum Gasteiger partial charge on any atom is 0.244 e. The number of para-hydroxylation sites is 1. The molecular weight excluding hydrogens is 356 g/mol. The third kappa shape index (κ3) is 5.13. The third-order valence-electron chi connectivity index (χ3n) is 3.51. The van der Waals surface area contributed by atoms with E-state index in [0.717, 1.165) is 0 Å². The number of benzene rings is 2. The van der Waals surface area contributed by atoms with E-state index in [1.165, 1.54) is 6.21 Å². The van der Waals surface area contributed by atoms with Crippen molar-refractivity contribution in [2.45, 2.75) is 13.3 Å². The number of ether oxygens (including phenoxy) is 3. The van der Waals surface area contributed by atoms with Gasteiger partial charge in [-0.25, -0.2) is 5.43 Å². The molecule has 138 valence electrons. The molecule has 2 rings (SSSR count). The topological polar surface area (TPSA) is 69.2 Å². The minimum absolute atomic E-state index is 0.0868. The summed E-state index contributed by atoms with van der Waals surface area (Å²) in [6.07, 6.45) is 1.59. The molecule has 0 bridgehead atoms. The number of halogens is 1. The number of hydrazone groups is 1. The van der Waals surface area contributed by atoms with Crippen LogP contribution in [0, 0.1) is 0 Å². The first-order valence-electron chi connectivity index (χ1n) is 8.03. The number of carbonyl (C=O) groups excluding carboxylic acids is 1. The lowest BCUT2D eigenvalue weighted by atomic mass is 10.1. The lowest BCUT2D eigenvalue weighted by molar-refractivity contribution is -0.120. The molecule has 1 N–H and O–H groups in total. The van der Waals surface area contributed by atoms with Crippen LogP contribution in [0.25, 0.3) is 0 Å². The molecular formula is C19H21ClN2O4. The molecule has 0 saturated heterocycles. The fraction of sp³-hybridized carbons (Fsp3) is 0.263. The zero-order chi connectivity index (χ0) is 18.9. The van der Waals surface area contributed by atoms with Gasteiger partial charge < -0.3 is 14.2 Å². The predicted molar refractivity (Wildman–Crippen MR) is 102 cm³/mol. The zero-order valence-corrected chi connectivity index (χ0v) is 15.7. The van der Waals surface area contributed by atoms with Gasteiger partial charge in [0, 0.05) is 10.6 Å². The van der Waals surface area contributed by atoms with Crippen LogP contribution in [0.1, 0.15) is 18.1 Å². The van der Waals surface area contributed by atoms with E-state index in [1.54, 1.807) is 32.4 Å². The molecule has 0 spiro atoms. The molecule has 1 amide bonds. The average Bonchev–Trinajstić information content (AvgIpc) is 2.64. The van der Waals surface area contributed by atoms with Crippen molar-refractivity contribution < 1.29 is 19.0 Å². The summed E-state index contributed by atoms with van der Waals surface area (Å²) in [6.45, 7) is 2.42. The van der Waals surface area contributed by atoms with Gasteiger partial charge in [-0.15, -0.1) is 0 Å². The van der Waals surface area contributed by atoms with Crippen molar-refractivity contribution in [2.75, 3.05) is 20.8 Å². The largest absolute Gasteiger partial charge is 0.497 e. The van der Waals surface area contributed by atoms with Crippen molar-refractivity contribution in [3.63, 3.8) is 0 Å². The Labute approximate surface area is 157 Å². The molecule has 0 aliphatic rings. The van der Waals surface area contributed by atoms with E-state index in [9.17, 15) is 4.79 Å². The maximum absolute atomic E-state index is 12.1. The number of amides is 1. The van der Waals surface area contributed by atoms with Gasteiger partial charge in [-0.2, -0.15) is 5.10 Å². The molecule has 0 saturated carbocycles. The molecule has 0 fully saturated rings. The highest BCUT2D eigenvalue weighted by Crippen LogP contribution is 2.29. The molecule has 0 aliphatic heterocycles. The van der Waals surface area contributed by atoms with E-state index in [1.807, 2.05) is 25.1 Å². The molecule has 0 heterocycles. The van der Waals surface area contributed by atoms with Crippen molar-refractivity contribution in [3.05, 3.63) is 52.5 Å². The van der Waals surface area contributed by atoms with Gasteiger partial charge in [0.15, 0.2) is 11.5 Å². The van der Waals surface area contributed by atoms with Crippen LogP contribution in [0.4, 0.5) is 0 Å². The standard InChI is InChI=1S/C19H21ClN2O4/c1-4-26-17-7-5-6-13(19(17)25-3)12-21-22-18(23)11-14-10-15(24-2)8-9-16(14)20/h5-10,12H,4,11H2,1-3H3,(H,22,23)/b21-12+. The fourth-order valence-corrected chi connectivity index (χ4v) is 2.51. The molecule has 6 nitrogen and oxygen atoms in total. The van der Waals surface area contributed by atoms with E-state index in [0.29, 0.717) is 40.0 Å². The SMILES string of the molecule is CCOc1cccc(/C=N/NC(=O)Cc2cc(OC)ccc2Cl)c1OC. The number of nitrogens with zero attached hydrogens (tertiary/aromatic N) is 1. The van der Waals surface area contributed by atoms with Crippen LogP contribution < -0.4 is 19.6 Å². The summed E-state index contributed by atoms with van der Waals surface area (Å²) in [5.74, 6) is 1.52. The van der Waals surface area contributed by atoms with Gasteiger partial charge in [0.2, 0.25) is 5.91 Å². The van der Waals surface area contributed by atoms with Crippen LogP contribution in [0.3, 0.4) is 0 Å². The second-order valence-electron chi connectivity index (χ2n) is 5.24. The van der Waals surface area contributed by atoms with Crippen molar-refractivity contribution >= 4 is 23.7 Å². The highest BCUT2D eigenvalue weighted by molar-refractivity contribution is 6.31. The Bertz CT molecular complexity index is 793. The molecule has 2 aromatic rings. The summed E-state index contributed by atoms with van der Waals surface area (Å²) in [5.41, 5.74) is 3.84. The Morgan fingerprint density at radius 3 is 2.73 bits per heavy atom. The van der Waals surface area contributed by atoms with Gasteiger partial charge in [-0.05, 0) is 42.8 Å². The number of hydrogen-bond acceptors (Lipinski definition) is 5. The molecule has 0 aromatic heterocycles. The second-order valence-corrected chi connectivity index (χ2v) is 5.65. The number of methoxy groups -OCH3 is 2. The van der Waals surface area contributed by atoms with Crippen LogP contribution in [-0.4, -0.2) is 32.9 Å². The number of rotatable bonds is 8. The van der Waals surface area contributed by atoms with Gasteiger partial charge in [0.25, 0.3) is 0 Å². The second kappa shape index (κ2) is 9.68. The summed E-state index contributed by atoms with van der Waals surface area (Å²) in [4.78, 5) is 12.1. The Kier molecular flexibility index (Phi) is 7.29. The van der Waals surface area contributed by atoms with E-state index in [4.69, 9.17) is 25.8 Å². The first kappa shape index (κ1) is 19.6. The summed E-state index contributed by atoms with van der Waals surface area (Å²) >= 11 is 6.11. The van der Waals surface area contributed by atoms with E-state index in [2.05, 4.69) is 10.5 Å². The minimum atomic E-state index is -0.295. The zero-order valence-electron chi connectivity index (χ0n) is 14.9. The summed E-state index contributed by atoms with van der Waals surface area (Å²) < 4.78 is 16.0. The van der Waals surface area contributed by atoms with Crippen molar-refractivity contribution in [1.29, 1.82) is 0 Å². The number of hydrogen-bond donors (Lipinski definition) is 1. The minimum Gasteiger partial charge on any atom is -0.497 e. The highest BCUT2D eigenvalue weighted by atomic mass is 35.5. The Morgan fingerprint density at radius 1 is 1.23 bits per heavy atom. The van der Waals surface area contributed by atoms with E-state index in [-0.39, 0.29) is 12.3 Å². The van der Waals surface area contributed by atoms with Gasteiger partial charge >= 0.3 is 0 Å². The highest BCUT2D eigenvalue weighted by Gasteiger charge is 2.10. The normalized spacial score (nSPS) is 10.6. The van der Waals surface area contributed by atoms with Crippen LogP contribution in [0.5, 0.6) is 17.2 Å². The third-order valence-corrected chi connectivity index (χ3v) is 3.88. The molecule has 0 radical (unpaired) electrons. The van der Waals surface area contributed by atoms with Crippen molar-refractivity contribution in [2.24, 2.45) is 5.10 Å². The lowest BCUT2D eigenvalue weighted by Crippen LogP contribution is -2.20. The summed E-state index contributed by atoms with van der Waals surface area (Å²) in [6, 6.07) is 10.6. The Morgan fingerprint density at radius 2 is 2.04 bits per heavy atom. The van der Waals surface area contributed by atoms with Crippen LogP contribution in [-0.2, 0) is 11.2 Å². The molecule has 26 heavy (non-hydrogen) atoms. The summed E-state index contributed by atoms with van der Waals surface area (Å²) in [5, 5.41) is 4.48. The molecule has 0 unspecified atom stereocenters. The van der Waals surface area contributed by atoms with Crippen LogP contribution in [0.15, 0.2) is 41.5 Å². The Balaban J connectivity index is 2.04. The molecule has 0 aliphatic carbocycles. The first-order chi connectivity index (χ1) is 12.6. The molecule has 0 atom stereocenters. The van der Waals surface area contributed by atoms with E-state index < -0.39 is 0 Å². The monoisotopic (exact) mass is 376 g/mol. The first-order valence-corrected chi connectivity index (χ1v) is 8.41. The van der Waals surface area contributed by atoms with Gasteiger partial charge in [0.1, 0.15) is 5.75 Å². The Hall–Kier alpha value is -2.73. The van der Waals surface area contributed by atoms with Gasteiger partial charge in [-0.1, -0.05) is 17.7 Å². The lowest BCUT2D eigenvalue weighted by Gasteiger charge is -2.11. The molecule has 2 aromatic carbocycles. The average molecular weight is 377 g/mol. The number of carbonyl (C=O) groups is 1. The number of nitrogens with one attached hydrogen (secondary N) is 1. The fourth-order valence-electron chi connectivity index (χ4n) is 2.32. The van der Waals surface area contributed by atoms with Gasteiger partial charge in [-0.3, -0.25) is 4.79 Å². The predicted octanol–water partition coefficient (Wildman–Crippen LogP) is 3.45. The van der Waals surface area contributed by atoms with Crippen molar-refractivity contribution in [1.82, 2.24) is 5.43 Å². The molecule has 7 heteroatoms. The van der Waals surface area contributed by atoms with Crippen LogP contribution in [0.2, 0.25) is 5.02 Å². The van der Waals surface area contributed by atoms with Gasteiger partial charge in [0.05, 0.1) is 33.5 Å². The van der Waals surface area contributed by atoms with E-state index >= 15 is 0 Å². The quantitative estimate of drug-likeness (QED) is 0.566.